The van der Waals surface area contributed by atoms with Gasteiger partial charge in [0, 0.05) is 27.7 Å². The predicted molar refractivity (Wildman–Crippen MR) is 83.4 cm³/mol. The Morgan fingerprint density at radius 1 is 0.840 bits per heavy atom. The summed E-state index contributed by atoms with van der Waals surface area (Å²) in [4.78, 5) is 44.9. The van der Waals surface area contributed by atoms with E-state index in [0.29, 0.717) is 0 Å². The molecule has 1 aliphatic heterocycles. The molecule has 1 fully saturated rings. The van der Waals surface area contributed by atoms with E-state index in [9.17, 15) is 19.2 Å². The van der Waals surface area contributed by atoms with Crippen LogP contribution in [-0.4, -0.2) is 61.1 Å². The highest BCUT2D eigenvalue weighted by atomic mass is 35.5. The number of nitrogens with two attached hydrogens (primary N) is 1. The summed E-state index contributed by atoms with van der Waals surface area (Å²) in [5.74, 6) is -2.62. The van der Waals surface area contributed by atoms with E-state index in [2.05, 4.69) is 0 Å². The molecule has 0 aromatic rings. The molecule has 0 spiro atoms. The lowest BCUT2D eigenvalue weighted by atomic mass is 9.97. The Hall–Kier alpha value is -1.91. The maximum absolute atomic E-state index is 11.3. The molecular formula is C14H22ClNO9. The van der Waals surface area contributed by atoms with Gasteiger partial charge >= 0.3 is 23.9 Å². The second-order valence-corrected chi connectivity index (χ2v) is 5.18. The van der Waals surface area contributed by atoms with Gasteiger partial charge < -0.3 is 29.4 Å². The molecule has 10 nitrogen and oxygen atoms in total. The van der Waals surface area contributed by atoms with Gasteiger partial charge in [0.05, 0.1) is 0 Å². The molecule has 1 saturated heterocycles. The van der Waals surface area contributed by atoms with Crippen molar-refractivity contribution in [1.82, 2.24) is 0 Å². The van der Waals surface area contributed by atoms with Gasteiger partial charge in [0.2, 0.25) is 6.29 Å². The molecule has 0 amide bonds. The monoisotopic (exact) mass is 383 g/mol. The van der Waals surface area contributed by atoms with Crippen molar-refractivity contribution in [3.8, 4) is 0 Å². The minimum atomic E-state index is -1.26. The summed E-state index contributed by atoms with van der Waals surface area (Å²) in [6, 6.07) is -1.10. The molecule has 144 valence electrons. The van der Waals surface area contributed by atoms with Crippen LogP contribution in [-0.2, 0) is 42.9 Å². The zero-order valence-electron chi connectivity index (χ0n) is 14.3. The average Bonchev–Trinajstić information content (AvgIpc) is 2.42. The Kier molecular flexibility index (Phi) is 9.39. The lowest BCUT2D eigenvalue weighted by molar-refractivity contribution is -0.267. The number of hydrogen-bond donors (Lipinski definition) is 1. The summed E-state index contributed by atoms with van der Waals surface area (Å²) in [5.41, 5.74) is 5.93. The molecule has 0 aromatic carbocycles. The predicted octanol–water partition coefficient (Wildman–Crippen LogP) is -0.550. The normalized spacial score (nSPS) is 28.1. The lowest BCUT2D eigenvalue weighted by Gasteiger charge is -2.42. The van der Waals surface area contributed by atoms with E-state index in [1.165, 1.54) is 6.92 Å². The molecule has 5 atom stereocenters. The largest absolute Gasteiger partial charge is 0.463 e. The fourth-order valence-electron chi connectivity index (χ4n) is 2.20. The van der Waals surface area contributed by atoms with Crippen LogP contribution in [0.15, 0.2) is 0 Å². The number of carbonyl (C=O) groups excluding carboxylic acids is 4. The Bertz CT molecular complexity index is 497. The van der Waals surface area contributed by atoms with E-state index in [4.69, 9.17) is 29.4 Å². The number of rotatable bonds is 5. The fourth-order valence-corrected chi connectivity index (χ4v) is 2.20. The number of esters is 4. The smallest absolute Gasteiger partial charge is 0.304 e. The highest BCUT2D eigenvalue weighted by molar-refractivity contribution is 5.85. The van der Waals surface area contributed by atoms with E-state index in [1.807, 2.05) is 0 Å². The minimum absolute atomic E-state index is 0. The van der Waals surface area contributed by atoms with Crippen LogP contribution in [0.2, 0.25) is 0 Å². The first kappa shape index (κ1) is 23.1. The van der Waals surface area contributed by atoms with Crippen molar-refractivity contribution in [2.75, 3.05) is 6.61 Å². The van der Waals surface area contributed by atoms with Crippen LogP contribution < -0.4 is 5.73 Å². The molecule has 1 heterocycles. The highest BCUT2D eigenvalue weighted by Gasteiger charge is 2.50. The molecule has 11 heteroatoms. The molecule has 2 N–H and O–H groups in total. The van der Waals surface area contributed by atoms with Crippen molar-refractivity contribution < 1.29 is 42.9 Å². The topological polar surface area (TPSA) is 140 Å². The van der Waals surface area contributed by atoms with Gasteiger partial charge in [-0.1, -0.05) is 0 Å². The Morgan fingerprint density at radius 3 is 1.76 bits per heavy atom. The van der Waals surface area contributed by atoms with E-state index in [-0.39, 0.29) is 19.0 Å². The standard InChI is InChI=1S/C14H21NO9.ClH/c1-6(16)20-5-10-12(21-7(2)17)13(22-8(3)18)11(15)14(24-10)23-9(4)19;/h10-14H,5,15H2,1-4H3;1H/t10?,11-,12+,13+,14-;/m0./s1. The number of carbonyl (C=O) groups is 4. The van der Waals surface area contributed by atoms with E-state index in [0.717, 1.165) is 20.8 Å². The number of halogens is 1. The first-order chi connectivity index (χ1) is 11.1. The zero-order chi connectivity index (χ0) is 18.4. The lowest BCUT2D eigenvalue weighted by Crippen LogP contribution is -2.65. The third kappa shape index (κ3) is 7.24. The van der Waals surface area contributed by atoms with Crippen LogP contribution in [0.25, 0.3) is 0 Å². The van der Waals surface area contributed by atoms with Crippen molar-refractivity contribution >= 4 is 36.3 Å². The summed E-state index contributed by atoms with van der Waals surface area (Å²) < 4.78 is 25.5. The first-order valence-corrected chi connectivity index (χ1v) is 7.18. The van der Waals surface area contributed by atoms with Crippen LogP contribution >= 0.6 is 12.4 Å². The van der Waals surface area contributed by atoms with Gasteiger partial charge in [-0.25, -0.2) is 0 Å². The fraction of sp³-hybridized carbons (Fsp3) is 0.714. The van der Waals surface area contributed by atoms with Gasteiger partial charge in [-0.2, -0.15) is 0 Å². The third-order valence-corrected chi connectivity index (χ3v) is 3.03. The summed E-state index contributed by atoms with van der Waals surface area (Å²) in [6.45, 7) is 4.32. The Labute approximate surface area is 150 Å². The SMILES string of the molecule is CC(=O)OCC1O[C@H](OC(C)=O)[C@@H](N)[C@@H](OC(C)=O)[C@@H]1OC(C)=O.Cl. The van der Waals surface area contributed by atoms with E-state index in [1.54, 1.807) is 0 Å². The Morgan fingerprint density at radius 2 is 1.32 bits per heavy atom. The van der Waals surface area contributed by atoms with Crippen molar-refractivity contribution in [2.45, 2.75) is 58.3 Å². The highest BCUT2D eigenvalue weighted by Crippen LogP contribution is 2.26. The minimum Gasteiger partial charge on any atom is -0.463 e. The summed E-state index contributed by atoms with van der Waals surface area (Å²) in [7, 11) is 0. The molecule has 0 aromatic heterocycles. The molecule has 0 aliphatic carbocycles. The van der Waals surface area contributed by atoms with Crippen LogP contribution in [0.3, 0.4) is 0 Å². The molecule has 1 rings (SSSR count). The summed E-state index contributed by atoms with van der Waals surface area (Å²) in [6.07, 6.45) is -4.58. The van der Waals surface area contributed by atoms with Crippen molar-refractivity contribution in [3.05, 3.63) is 0 Å². The van der Waals surface area contributed by atoms with Gasteiger partial charge in [0.15, 0.2) is 12.2 Å². The van der Waals surface area contributed by atoms with Gasteiger partial charge in [-0.05, 0) is 0 Å². The number of hydrogen-bond acceptors (Lipinski definition) is 10. The quantitative estimate of drug-likeness (QED) is 0.485. The second kappa shape index (κ2) is 10.2. The molecule has 0 radical (unpaired) electrons. The van der Waals surface area contributed by atoms with Crippen molar-refractivity contribution in [1.29, 1.82) is 0 Å². The van der Waals surface area contributed by atoms with Crippen molar-refractivity contribution in [3.63, 3.8) is 0 Å². The second-order valence-electron chi connectivity index (χ2n) is 5.18. The maximum atomic E-state index is 11.3. The van der Waals surface area contributed by atoms with Gasteiger partial charge in [-0.15, -0.1) is 12.4 Å². The summed E-state index contributed by atoms with van der Waals surface area (Å²) in [5, 5.41) is 0. The average molecular weight is 384 g/mol. The third-order valence-electron chi connectivity index (χ3n) is 3.03. The maximum Gasteiger partial charge on any atom is 0.304 e. The van der Waals surface area contributed by atoms with Crippen molar-refractivity contribution in [2.24, 2.45) is 5.73 Å². The number of ether oxygens (including phenoxy) is 5. The van der Waals surface area contributed by atoms with Crippen LogP contribution in [0, 0.1) is 0 Å². The molecule has 1 aliphatic rings. The molecular weight excluding hydrogens is 362 g/mol. The summed E-state index contributed by atoms with van der Waals surface area (Å²) >= 11 is 0. The zero-order valence-corrected chi connectivity index (χ0v) is 15.1. The van der Waals surface area contributed by atoms with Gasteiger partial charge in [0.1, 0.15) is 18.8 Å². The van der Waals surface area contributed by atoms with E-state index >= 15 is 0 Å². The molecule has 0 bridgehead atoms. The van der Waals surface area contributed by atoms with Crippen LogP contribution in [0.5, 0.6) is 0 Å². The Balaban J connectivity index is 0.00000576. The van der Waals surface area contributed by atoms with E-state index < -0.39 is 54.5 Å². The van der Waals surface area contributed by atoms with Gasteiger partial charge in [-0.3, -0.25) is 19.2 Å². The van der Waals surface area contributed by atoms with Crippen LogP contribution in [0.1, 0.15) is 27.7 Å². The van der Waals surface area contributed by atoms with Crippen LogP contribution in [0.4, 0.5) is 0 Å². The van der Waals surface area contributed by atoms with Gasteiger partial charge in [0.25, 0.3) is 0 Å². The first-order valence-electron chi connectivity index (χ1n) is 7.18. The molecule has 0 saturated carbocycles. The molecule has 25 heavy (non-hydrogen) atoms. The molecule has 1 unspecified atom stereocenters.